The molecule has 2 aromatic heterocycles. The number of carbonyl (C=O) groups is 1. The Morgan fingerprint density at radius 1 is 1.06 bits per heavy atom. The van der Waals surface area contributed by atoms with Crippen LogP contribution in [0.2, 0.25) is 0 Å². The van der Waals surface area contributed by atoms with Gasteiger partial charge in [-0.15, -0.1) is 0 Å². The fraction of sp³-hybridized carbons (Fsp3) is 0.261. The summed E-state index contributed by atoms with van der Waals surface area (Å²) < 4.78 is 53.1. The minimum Gasteiger partial charge on any atom is -0.349 e. The van der Waals surface area contributed by atoms with Crippen LogP contribution in [0, 0.1) is 5.82 Å². The fourth-order valence-electron chi connectivity index (χ4n) is 2.82. The van der Waals surface area contributed by atoms with Crippen molar-refractivity contribution < 1.29 is 22.4 Å². The van der Waals surface area contributed by atoms with E-state index >= 15 is 0 Å². The minimum absolute atomic E-state index is 0.0550. The molecular weight excluding hydrogens is 456 g/mol. The average Bonchev–Trinajstić information content (AvgIpc) is 2.78. The van der Waals surface area contributed by atoms with Crippen LogP contribution in [-0.2, 0) is 17.5 Å². The monoisotopic (exact) mass is 478 g/mol. The first kappa shape index (κ1) is 24.7. The summed E-state index contributed by atoms with van der Waals surface area (Å²) in [7, 11) is 0. The van der Waals surface area contributed by atoms with Gasteiger partial charge in [0.15, 0.2) is 0 Å². The van der Waals surface area contributed by atoms with Crippen LogP contribution in [-0.4, -0.2) is 32.8 Å². The summed E-state index contributed by atoms with van der Waals surface area (Å²) in [5.74, 6) is -0.545. The summed E-state index contributed by atoms with van der Waals surface area (Å²) in [5.41, 5.74) is 0.759. The first-order valence-corrected chi connectivity index (χ1v) is 10.8. The predicted molar refractivity (Wildman–Crippen MR) is 118 cm³/mol. The molecule has 5 nitrogen and oxygen atoms in total. The topological polar surface area (TPSA) is 58.1 Å². The van der Waals surface area contributed by atoms with E-state index in [2.05, 4.69) is 15.3 Å². The number of benzene rings is 1. The third kappa shape index (κ3) is 7.26. The lowest BCUT2D eigenvalue weighted by atomic mass is 10.1. The van der Waals surface area contributed by atoms with Crippen LogP contribution >= 0.6 is 11.9 Å². The quantitative estimate of drug-likeness (QED) is 0.350. The number of hydrogen-bond acceptors (Lipinski definition) is 5. The van der Waals surface area contributed by atoms with Crippen LogP contribution in [0.25, 0.3) is 11.1 Å². The first-order chi connectivity index (χ1) is 15.6. The number of hydrogen-bond donors (Lipinski definition) is 1. The summed E-state index contributed by atoms with van der Waals surface area (Å²) in [4.78, 5) is 21.0. The van der Waals surface area contributed by atoms with Crippen molar-refractivity contribution in [3.05, 3.63) is 78.1 Å². The van der Waals surface area contributed by atoms with Crippen LogP contribution in [0.4, 0.5) is 17.6 Å². The molecule has 0 aliphatic carbocycles. The maximum atomic E-state index is 13.1. The summed E-state index contributed by atoms with van der Waals surface area (Å²) >= 11 is 1.36. The molecule has 33 heavy (non-hydrogen) atoms. The lowest BCUT2D eigenvalue weighted by Crippen LogP contribution is -2.36. The van der Waals surface area contributed by atoms with Gasteiger partial charge in [0.25, 0.3) is 0 Å². The molecule has 0 atom stereocenters. The second kappa shape index (κ2) is 10.8. The van der Waals surface area contributed by atoms with Gasteiger partial charge in [0.2, 0.25) is 5.91 Å². The van der Waals surface area contributed by atoms with Gasteiger partial charge in [0.05, 0.1) is 18.8 Å². The normalized spacial score (nSPS) is 11.8. The molecule has 0 bridgehead atoms. The van der Waals surface area contributed by atoms with Crippen LogP contribution in [0.1, 0.15) is 25.2 Å². The molecule has 3 rings (SSSR count). The lowest BCUT2D eigenvalue weighted by molar-refractivity contribution is -0.141. The SMILES string of the molecule is CC(C)N(CC(=O)NCc1cc(-c2ccc(C(F)(F)F)nc2)ccn1)Sc1ccc(F)cc1. The maximum Gasteiger partial charge on any atom is 0.433 e. The van der Waals surface area contributed by atoms with E-state index in [-0.39, 0.29) is 30.9 Å². The van der Waals surface area contributed by atoms with Crippen LogP contribution in [0.5, 0.6) is 0 Å². The molecule has 0 saturated carbocycles. The third-order valence-electron chi connectivity index (χ3n) is 4.58. The summed E-state index contributed by atoms with van der Waals surface area (Å²) in [6.45, 7) is 4.18. The zero-order valence-electron chi connectivity index (χ0n) is 17.9. The Kier molecular flexibility index (Phi) is 8.04. The lowest BCUT2D eigenvalue weighted by Gasteiger charge is -2.24. The molecule has 1 aromatic carbocycles. The Morgan fingerprint density at radius 3 is 2.39 bits per heavy atom. The van der Waals surface area contributed by atoms with E-state index in [4.69, 9.17) is 0 Å². The molecule has 0 saturated heterocycles. The molecule has 10 heteroatoms. The first-order valence-electron chi connectivity index (χ1n) is 10.1. The Morgan fingerprint density at radius 2 is 1.79 bits per heavy atom. The van der Waals surface area contributed by atoms with Crippen molar-refractivity contribution in [3.63, 3.8) is 0 Å². The van der Waals surface area contributed by atoms with E-state index in [0.717, 1.165) is 17.2 Å². The number of carbonyl (C=O) groups excluding carboxylic acids is 1. The molecule has 2 heterocycles. The van der Waals surface area contributed by atoms with Gasteiger partial charge in [-0.1, -0.05) is 6.07 Å². The molecule has 1 amide bonds. The number of pyridine rings is 2. The van der Waals surface area contributed by atoms with Crippen LogP contribution in [0.15, 0.2) is 65.8 Å². The zero-order valence-corrected chi connectivity index (χ0v) is 18.8. The van der Waals surface area contributed by atoms with Gasteiger partial charge >= 0.3 is 6.18 Å². The minimum atomic E-state index is -4.49. The van der Waals surface area contributed by atoms with Crippen molar-refractivity contribution in [2.24, 2.45) is 0 Å². The molecule has 0 spiro atoms. The highest BCUT2D eigenvalue weighted by Crippen LogP contribution is 2.29. The van der Waals surface area contributed by atoms with Crippen molar-refractivity contribution in [2.45, 2.75) is 37.5 Å². The summed E-state index contributed by atoms with van der Waals surface area (Å²) in [6.07, 6.45) is -1.81. The smallest absolute Gasteiger partial charge is 0.349 e. The van der Waals surface area contributed by atoms with E-state index in [1.165, 1.54) is 36.3 Å². The highest BCUT2D eigenvalue weighted by molar-refractivity contribution is 7.97. The van der Waals surface area contributed by atoms with Crippen LogP contribution < -0.4 is 5.32 Å². The fourth-order valence-corrected chi connectivity index (χ4v) is 3.75. The number of aromatic nitrogens is 2. The van der Waals surface area contributed by atoms with E-state index in [9.17, 15) is 22.4 Å². The second-order valence-electron chi connectivity index (χ2n) is 7.46. The third-order valence-corrected chi connectivity index (χ3v) is 5.85. The maximum absolute atomic E-state index is 13.1. The van der Waals surface area contributed by atoms with Gasteiger partial charge in [0.1, 0.15) is 11.5 Å². The van der Waals surface area contributed by atoms with Gasteiger partial charge in [-0.2, -0.15) is 13.2 Å². The van der Waals surface area contributed by atoms with Gasteiger partial charge in [-0.3, -0.25) is 14.8 Å². The van der Waals surface area contributed by atoms with Crippen molar-refractivity contribution in [1.82, 2.24) is 19.6 Å². The molecule has 174 valence electrons. The summed E-state index contributed by atoms with van der Waals surface area (Å²) in [5, 5.41) is 2.81. The van der Waals surface area contributed by atoms with Crippen molar-refractivity contribution in [2.75, 3.05) is 6.54 Å². The molecule has 0 aliphatic rings. The standard InChI is InChI=1S/C23H22F4N4OS/c1-15(2)31(33-20-6-4-18(24)5-7-20)14-22(32)30-13-19-11-16(9-10-28-19)17-3-8-21(29-12-17)23(25,26)27/h3-12,15H,13-14H2,1-2H3,(H,30,32). The number of halogens is 4. The number of amides is 1. The zero-order chi connectivity index (χ0) is 24.0. The van der Waals surface area contributed by atoms with Crippen molar-refractivity contribution in [1.29, 1.82) is 0 Å². The highest BCUT2D eigenvalue weighted by Gasteiger charge is 2.32. The largest absolute Gasteiger partial charge is 0.433 e. The molecular formula is C23H22F4N4OS. The van der Waals surface area contributed by atoms with Gasteiger partial charge in [-0.05, 0) is 73.8 Å². The summed E-state index contributed by atoms with van der Waals surface area (Å²) in [6, 6.07) is 11.7. The molecule has 0 radical (unpaired) electrons. The second-order valence-corrected chi connectivity index (χ2v) is 8.58. The molecule has 0 unspecified atom stereocenters. The number of nitrogens with zero attached hydrogens (tertiary/aromatic N) is 3. The Bertz CT molecular complexity index is 1070. The predicted octanol–water partition coefficient (Wildman–Crippen LogP) is 5.34. The van der Waals surface area contributed by atoms with E-state index in [0.29, 0.717) is 16.8 Å². The Labute approximate surface area is 193 Å². The van der Waals surface area contributed by atoms with Crippen molar-refractivity contribution >= 4 is 17.9 Å². The van der Waals surface area contributed by atoms with Crippen molar-refractivity contribution in [3.8, 4) is 11.1 Å². The van der Waals surface area contributed by atoms with E-state index in [1.807, 2.05) is 18.2 Å². The number of rotatable bonds is 8. The Hall–Kier alpha value is -2.98. The van der Waals surface area contributed by atoms with Gasteiger partial charge in [0, 0.05) is 28.9 Å². The van der Waals surface area contributed by atoms with E-state index < -0.39 is 11.9 Å². The number of alkyl halides is 3. The van der Waals surface area contributed by atoms with Gasteiger partial charge < -0.3 is 5.32 Å². The highest BCUT2D eigenvalue weighted by atomic mass is 32.2. The number of nitrogens with one attached hydrogen (secondary N) is 1. The average molecular weight is 479 g/mol. The molecule has 0 fully saturated rings. The van der Waals surface area contributed by atoms with E-state index in [1.54, 1.807) is 24.3 Å². The molecule has 0 aliphatic heterocycles. The van der Waals surface area contributed by atoms with Crippen LogP contribution in [0.3, 0.4) is 0 Å². The molecule has 1 N–H and O–H groups in total. The molecule has 3 aromatic rings. The Balaban J connectivity index is 1.59. The van der Waals surface area contributed by atoms with Gasteiger partial charge in [-0.25, -0.2) is 8.70 Å².